The lowest BCUT2D eigenvalue weighted by atomic mass is 9.82. The highest BCUT2D eigenvalue weighted by Crippen LogP contribution is 2.36. The second-order valence-corrected chi connectivity index (χ2v) is 7.36. The molecule has 0 aromatic carbocycles. The van der Waals surface area contributed by atoms with E-state index in [9.17, 15) is 9.59 Å². The summed E-state index contributed by atoms with van der Waals surface area (Å²) in [6.45, 7) is 3.14. The third-order valence-corrected chi connectivity index (χ3v) is 5.71. The lowest BCUT2D eigenvalue weighted by molar-refractivity contribution is -0.947. The fourth-order valence-corrected chi connectivity index (χ4v) is 4.34. The number of rotatable bonds is 7. The Bertz CT molecular complexity index is 414. The van der Waals surface area contributed by atoms with Gasteiger partial charge in [0, 0.05) is 25.2 Å². The van der Waals surface area contributed by atoms with Gasteiger partial charge in [0.1, 0.15) is 0 Å². The third kappa shape index (κ3) is 6.17. The number of esters is 2. The Morgan fingerprint density at radius 1 is 1.00 bits per heavy atom. The van der Waals surface area contributed by atoms with Crippen molar-refractivity contribution in [3.63, 3.8) is 0 Å². The monoisotopic (exact) mass is 453 g/mol. The molecule has 2 aliphatic rings. The summed E-state index contributed by atoms with van der Waals surface area (Å²) in [5, 5.41) is 0. The number of hydrogen-bond acceptors (Lipinski definition) is 4. The lowest BCUT2D eigenvalue weighted by Crippen LogP contribution is -3.00. The normalized spacial score (nSPS) is 29.1. The molecule has 2 fully saturated rings. The maximum absolute atomic E-state index is 11.9. The van der Waals surface area contributed by atoms with Gasteiger partial charge in [-0.2, -0.15) is 0 Å². The van der Waals surface area contributed by atoms with Gasteiger partial charge < -0.3 is 37.9 Å². The van der Waals surface area contributed by atoms with E-state index in [0.29, 0.717) is 44.2 Å². The van der Waals surface area contributed by atoms with Crippen LogP contribution in [0.2, 0.25) is 0 Å². The van der Waals surface area contributed by atoms with E-state index < -0.39 is 0 Å². The Labute approximate surface area is 163 Å². The first kappa shape index (κ1) is 21.7. The number of nitrogens with zero attached hydrogens (tertiary/aromatic N) is 1. The van der Waals surface area contributed by atoms with Crippen LogP contribution in [0, 0.1) is 5.92 Å². The molecular formula is C18H32INO4. The number of methoxy groups -OCH3 is 1. The van der Waals surface area contributed by atoms with Crippen LogP contribution in [-0.4, -0.2) is 56.3 Å². The quantitative estimate of drug-likeness (QED) is 0.230. The van der Waals surface area contributed by atoms with E-state index in [0.717, 1.165) is 0 Å². The molecule has 0 spiro atoms. The first-order valence-corrected chi connectivity index (χ1v) is 9.12. The molecule has 2 rings (SSSR count). The first-order valence-electron chi connectivity index (χ1n) is 9.12. The van der Waals surface area contributed by atoms with E-state index in [1.54, 1.807) is 0 Å². The van der Waals surface area contributed by atoms with Crippen LogP contribution in [0.5, 0.6) is 0 Å². The number of carbonyl (C=O) groups is 2. The molecule has 0 aromatic rings. The fourth-order valence-electron chi connectivity index (χ4n) is 4.34. The van der Waals surface area contributed by atoms with Gasteiger partial charge >= 0.3 is 11.9 Å². The van der Waals surface area contributed by atoms with Crippen molar-refractivity contribution < 1.29 is 47.5 Å². The number of piperidine rings is 2. The molecule has 0 N–H and O–H groups in total. The Hall–Kier alpha value is -0.370. The molecule has 2 heterocycles. The minimum absolute atomic E-state index is 0. The highest BCUT2D eigenvalue weighted by atomic mass is 127. The van der Waals surface area contributed by atoms with Crippen LogP contribution in [-0.2, 0) is 19.1 Å². The summed E-state index contributed by atoms with van der Waals surface area (Å²) in [6.07, 6.45) is 8.51. The van der Waals surface area contributed by atoms with Gasteiger partial charge in [0.25, 0.3) is 0 Å². The van der Waals surface area contributed by atoms with Crippen LogP contribution < -0.4 is 24.0 Å². The number of quaternary nitrogens is 1. The van der Waals surface area contributed by atoms with E-state index in [1.165, 1.54) is 56.8 Å². The molecule has 0 saturated carbocycles. The summed E-state index contributed by atoms with van der Waals surface area (Å²) in [7, 11) is 3.77. The van der Waals surface area contributed by atoms with Crippen molar-refractivity contribution in [2.75, 3.05) is 33.9 Å². The molecule has 6 heteroatoms. The average molecular weight is 453 g/mol. The molecule has 1 unspecified atom stereocenters. The zero-order chi connectivity index (χ0) is 16.7. The first-order chi connectivity index (χ1) is 11.0. The summed E-state index contributed by atoms with van der Waals surface area (Å²) in [5.74, 6) is 0.188. The van der Waals surface area contributed by atoms with Crippen LogP contribution in [0.15, 0.2) is 0 Å². The predicted molar refractivity (Wildman–Crippen MR) is 87.7 cm³/mol. The fraction of sp³-hybridized carbons (Fsp3) is 0.889. The minimum atomic E-state index is -0.213. The molecule has 140 valence electrons. The van der Waals surface area contributed by atoms with Crippen LogP contribution in [0.1, 0.15) is 57.8 Å². The van der Waals surface area contributed by atoms with Crippen LogP contribution in [0.4, 0.5) is 0 Å². The van der Waals surface area contributed by atoms with Crippen molar-refractivity contribution in [3.05, 3.63) is 0 Å². The largest absolute Gasteiger partial charge is 1.00 e. The van der Waals surface area contributed by atoms with E-state index in [2.05, 4.69) is 11.8 Å². The number of unbranched alkanes of at least 4 members (excludes halogenated alkanes) is 1. The maximum atomic E-state index is 11.9. The molecule has 24 heavy (non-hydrogen) atoms. The van der Waals surface area contributed by atoms with Gasteiger partial charge in [-0.05, 0) is 38.5 Å². The van der Waals surface area contributed by atoms with E-state index in [1.807, 2.05) is 0 Å². The summed E-state index contributed by atoms with van der Waals surface area (Å²) in [4.78, 5) is 22.9. The summed E-state index contributed by atoms with van der Waals surface area (Å²) in [5.41, 5.74) is 0. The van der Waals surface area contributed by atoms with Crippen molar-refractivity contribution in [2.45, 2.75) is 63.8 Å². The van der Waals surface area contributed by atoms with Crippen molar-refractivity contribution in [2.24, 2.45) is 5.92 Å². The van der Waals surface area contributed by atoms with Gasteiger partial charge in [0.2, 0.25) is 0 Å². The molecule has 5 nitrogen and oxygen atoms in total. The van der Waals surface area contributed by atoms with Crippen molar-refractivity contribution >= 4 is 11.9 Å². The summed E-state index contributed by atoms with van der Waals surface area (Å²) in [6, 6.07) is 0.671. The summed E-state index contributed by atoms with van der Waals surface area (Å²) >= 11 is 0. The SMILES string of the molecule is COC(=O)CCCCC(=O)OC[C@@H]1CCC[N+]2(C)CCCC[C@H]12.[I-]. The highest BCUT2D eigenvalue weighted by molar-refractivity contribution is 5.70. The number of fused-ring (bicyclic) bond motifs is 1. The highest BCUT2D eigenvalue weighted by Gasteiger charge is 2.43. The molecule has 0 amide bonds. The standard InChI is InChI=1S/C18H32NO4.HI/c1-19-12-6-5-9-16(19)15(8-7-13-19)14-23-18(21)11-4-3-10-17(20)22-2;/h15-16H,3-14H2,1-2H3;1H/q+1;/p-1/t15-,16+,19?;/m0./s1. The predicted octanol–water partition coefficient (Wildman–Crippen LogP) is -0.324. The van der Waals surface area contributed by atoms with Gasteiger partial charge in [-0.1, -0.05) is 0 Å². The van der Waals surface area contributed by atoms with Gasteiger partial charge in [0.15, 0.2) is 0 Å². The van der Waals surface area contributed by atoms with Gasteiger partial charge in [0.05, 0.1) is 39.9 Å². The van der Waals surface area contributed by atoms with Crippen molar-refractivity contribution in [3.8, 4) is 0 Å². The van der Waals surface area contributed by atoms with E-state index >= 15 is 0 Å². The van der Waals surface area contributed by atoms with E-state index in [-0.39, 0.29) is 35.9 Å². The molecular weight excluding hydrogens is 421 g/mol. The number of carbonyl (C=O) groups excluding carboxylic acids is 2. The topological polar surface area (TPSA) is 52.6 Å². The molecule has 2 aliphatic heterocycles. The van der Waals surface area contributed by atoms with Crippen LogP contribution in [0.25, 0.3) is 0 Å². The third-order valence-electron chi connectivity index (χ3n) is 5.71. The molecule has 0 radical (unpaired) electrons. The molecule has 0 aromatic heterocycles. The Morgan fingerprint density at radius 2 is 1.67 bits per heavy atom. The molecule has 0 aliphatic carbocycles. The Balaban J connectivity index is 0.00000288. The van der Waals surface area contributed by atoms with Gasteiger partial charge in [-0.15, -0.1) is 0 Å². The lowest BCUT2D eigenvalue weighted by Gasteiger charge is -2.51. The zero-order valence-corrected chi connectivity index (χ0v) is 17.3. The van der Waals surface area contributed by atoms with Crippen LogP contribution in [0.3, 0.4) is 0 Å². The van der Waals surface area contributed by atoms with E-state index in [4.69, 9.17) is 4.74 Å². The van der Waals surface area contributed by atoms with Crippen LogP contribution >= 0.6 is 0 Å². The minimum Gasteiger partial charge on any atom is -1.00 e. The van der Waals surface area contributed by atoms with Gasteiger partial charge in [-0.3, -0.25) is 9.59 Å². The molecule has 2 saturated heterocycles. The van der Waals surface area contributed by atoms with Gasteiger partial charge in [-0.25, -0.2) is 0 Å². The maximum Gasteiger partial charge on any atom is 0.305 e. The van der Waals surface area contributed by atoms with Crippen molar-refractivity contribution in [1.82, 2.24) is 0 Å². The zero-order valence-electron chi connectivity index (χ0n) is 15.1. The van der Waals surface area contributed by atoms with Crippen molar-refractivity contribution in [1.29, 1.82) is 0 Å². The Kier molecular flexibility index (Phi) is 9.56. The number of hydrogen-bond donors (Lipinski definition) is 0. The number of halogens is 1. The summed E-state index contributed by atoms with van der Waals surface area (Å²) < 4.78 is 11.3. The molecule has 0 bridgehead atoms. The second kappa shape index (κ2) is 10.6. The molecule has 3 atom stereocenters. The average Bonchev–Trinajstić information content (AvgIpc) is 2.55. The second-order valence-electron chi connectivity index (χ2n) is 7.36. The smallest absolute Gasteiger partial charge is 0.305 e. The number of ether oxygens (including phenoxy) is 2. The Morgan fingerprint density at radius 3 is 2.38 bits per heavy atom.